The first kappa shape index (κ1) is 13.5. The van der Waals surface area contributed by atoms with E-state index in [9.17, 15) is 8.78 Å². The van der Waals surface area contributed by atoms with Gasteiger partial charge in [0.25, 0.3) is 0 Å². The van der Waals surface area contributed by atoms with Crippen molar-refractivity contribution in [3.05, 3.63) is 65.2 Å². The predicted octanol–water partition coefficient (Wildman–Crippen LogP) is 3.56. The average molecular weight is 263 g/mol. The highest BCUT2D eigenvalue weighted by Gasteiger charge is 2.06. The number of hydrogen-bond acceptors (Lipinski definition) is 2. The zero-order chi connectivity index (χ0) is 13.8. The Labute approximate surface area is 110 Å². The number of nitrogens with two attached hydrogens (primary N) is 1. The van der Waals surface area contributed by atoms with E-state index >= 15 is 0 Å². The lowest BCUT2D eigenvalue weighted by Crippen LogP contribution is -2.05. The topological polar surface area (TPSA) is 35.2 Å². The van der Waals surface area contributed by atoms with Crippen LogP contribution in [-0.2, 0) is 6.61 Å². The maximum Gasteiger partial charge on any atom is 0.132 e. The normalized spacial score (nSPS) is 12.2. The minimum atomic E-state index is -0.608. The van der Waals surface area contributed by atoms with Crippen molar-refractivity contribution in [3.63, 3.8) is 0 Å². The Bertz CT molecular complexity index is 570. The zero-order valence-corrected chi connectivity index (χ0v) is 10.6. The molecule has 0 aliphatic heterocycles. The van der Waals surface area contributed by atoms with Gasteiger partial charge in [-0.15, -0.1) is 0 Å². The third kappa shape index (κ3) is 3.51. The standard InChI is InChI=1S/C15H15F2NO/c1-10(18)11-3-2-4-14(7-11)19-9-12-5-6-13(16)8-15(12)17/h2-8,10H,9,18H2,1H3. The molecule has 100 valence electrons. The fourth-order valence-corrected chi connectivity index (χ4v) is 1.69. The molecule has 0 saturated heterocycles. The zero-order valence-electron chi connectivity index (χ0n) is 10.6. The Morgan fingerprint density at radius 3 is 2.63 bits per heavy atom. The van der Waals surface area contributed by atoms with Gasteiger partial charge in [-0.3, -0.25) is 0 Å². The molecule has 1 atom stereocenters. The molecule has 0 heterocycles. The summed E-state index contributed by atoms with van der Waals surface area (Å²) in [6.07, 6.45) is 0. The fourth-order valence-electron chi connectivity index (χ4n) is 1.69. The van der Waals surface area contributed by atoms with E-state index in [1.54, 1.807) is 6.07 Å². The molecule has 0 radical (unpaired) electrons. The molecule has 0 aliphatic carbocycles. The van der Waals surface area contributed by atoms with Crippen molar-refractivity contribution in [2.75, 3.05) is 0 Å². The Balaban J connectivity index is 2.08. The maximum atomic E-state index is 13.4. The van der Waals surface area contributed by atoms with Crippen LogP contribution in [0.4, 0.5) is 8.78 Å². The van der Waals surface area contributed by atoms with Crippen LogP contribution >= 0.6 is 0 Å². The van der Waals surface area contributed by atoms with Crippen molar-refractivity contribution >= 4 is 0 Å². The van der Waals surface area contributed by atoms with Gasteiger partial charge in [0.2, 0.25) is 0 Å². The number of rotatable bonds is 4. The van der Waals surface area contributed by atoms with Crippen molar-refractivity contribution in [1.29, 1.82) is 0 Å². The summed E-state index contributed by atoms with van der Waals surface area (Å²) in [6, 6.07) is 10.6. The Hall–Kier alpha value is -1.94. The second-order valence-electron chi connectivity index (χ2n) is 4.39. The van der Waals surface area contributed by atoms with Crippen molar-refractivity contribution in [2.24, 2.45) is 5.73 Å². The van der Waals surface area contributed by atoms with Crippen LogP contribution in [0.25, 0.3) is 0 Å². The van der Waals surface area contributed by atoms with Gasteiger partial charge < -0.3 is 10.5 Å². The molecule has 2 aromatic carbocycles. The summed E-state index contributed by atoms with van der Waals surface area (Å²) in [5, 5.41) is 0. The van der Waals surface area contributed by atoms with E-state index in [1.807, 2.05) is 25.1 Å². The lowest BCUT2D eigenvalue weighted by atomic mass is 10.1. The smallest absolute Gasteiger partial charge is 0.132 e. The van der Waals surface area contributed by atoms with E-state index in [1.165, 1.54) is 12.1 Å². The fraction of sp³-hybridized carbons (Fsp3) is 0.200. The first-order valence-corrected chi connectivity index (χ1v) is 5.98. The van der Waals surface area contributed by atoms with Gasteiger partial charge in [-0.2, -0.15) is 0 Å². The van der Waals surface area contributed by atoms with E-state index < -0.39 is 11.6 Å². The van der Waals surface area contributed by atoms with Gasteiger partial charge in [-0.1, -0.05) is 12.1 Å². The second-order valence-corrected chi connectivity index (χ2v) is 4.39. The van der Waals surface area contributed by atoms with Crippen molar-refractivity contribution in [1.82, 2.24) is 0 Å². The van der Waals surface area contributed by atoms with Gasteiger partial charge in [0, 0.05) is 17.7 Å². The van der Waals surface area contributed by atoms with Crippen molar-refractivity contribution < 1.29 is 13.5 Å². The first-order valence-electron chi connectivity index (χ1n) is 5.98. The van der Waals surface area contributed by atoms with Crippen LogP contribution in [0.15, 0.2) is 42.5 Å². The molecule has 0 amide bonds. The highest BCUT2D eigenvalue weighted by Crippen LogP contribution is 2.19. The summed E-state index contributed by atoms with van der Waals surface area (Å²) in [6.45, 7) is 1.92. The van der Waals surface area contributed by atoms with Gasteiger partial charge in [-0.05, 0) is 36.8 Å². The molecule has 2 N–H and O–H groups in total. The summed E-state index contributed by atoms with van der Waals surface area (Å²) < 4.78 is 31.7. The summed E-state index contributed by atoms with van der Waals surface area (Å²) in [5.41, 5.74) is 7.03. The minimum absolute atomic E-state index is 0.0501. The van der Waals surface area contributed by atoms with Gasteiger partial charge in [0.05, 0.1) is 0 Å². The SMILES string of the molecule is CC(N)c1cccc(OCc2ccc(F)cc2F)c1. The quantitative estimate of drug-likeness (QED) is 0.915. The highest BCUT2D eigenvalue weighted by molar-refractivity contribution is 5.30. The number of halogens is 2. The van der Waals surface area contributed by atoms with Crippen LogP contribution < -0.4 is 10.5 Å². The summed E-state index contributed by atoms with van der Waals surface area (Å²) in [4.78, 5) is 0. The summed E-state index contributed by atoms with van der Waals surface area (Å²) >= 11 is 0. The van der Waals surface area contributed by atoms with E-state index in [4.69, 9.17) is 10.5 Å². The van der Waals surface area contributed by atoms with Crippen LogP contribution in [0.3, 0.4) is 0 Å². The van der Waals surface area contributed by atoms with E-state index in [-0.39, 0.29) is 12.6 Å². The van der Waals surface area contributed by atoms with Crippen LogP contribution in [0, 0.1) is 11.6 Å². The molecular formula is C15H15F2NO. The number of hydrogen-bond donors (Lipinski definition) is 1. The molecule has 2 nitrogen and oxygen atoms in total. The van der Waals surface area contributed by atoms with Crippen LogP contribution in [-0.4, -0.2) is 0 Å². The largest absolute Gasteiger partial charge is 0.489 e. The van der Waals surface area contributed by atoms with Gasteiger partial charge in [0.15, 0.2) is 0 Å². The van der Waals surface area contributed by atoms with E-state index in [0.29, 0.717) is 11.3 Å². The van der Waals surface area contributed by atoms with E-state index in [2.05, 4.69) is 0 Å². The summed E-state index contributed by atoms with van der Waals surface area (Å²) in [5.74, 6) is -0.595. The van der Waals surface area contributed by atoms with Crippen LogP contribution in [0.5, 0.6) is 5.75 Å². The van der Waals surface area contributed by atoms with Crippen molar-refractivity contribution in [2.45, 2.75) is 19.6 Å². The monoisotopic (exact) mass is 263 g/mol. The molecule has 0 aliphatic rings. The third-order valence-electron chi connectivity index (χ3n) is 2.79. The molecular weight excluding hydrogens is 248 g/mol. The molecule has 0 saturated carbocycles. The number of ether oxygens (including phenoxy) is 1. The molecule has 19 heavy (non-hydrogen) atoms. The van der Waals surface area contributed by atoms with Crippen molar-refractivity contribution in [3.8, 4) is 5.75 Å². The molecule has 0 bridgehead atoms. The molecule has 1 unspecified atom stereocenters. The third-order valence-corrected chi connectivity index (χ3v) is 2.79. The predicted molar refractivity (Wildman–Crippen MR) is 69.7 cm³/mol. The molecule has 2 rings (SSSR count). The Morgan fingerprint density at radius 2 is 1.95 bits per heavy atom. The molecule has 2 aromatic rings. The second kappa shape index (κ2) is 5.80. The Kier molecular flexibility index (Phi) is 4.12. The maximum absolute atomic E-state index is 13.4. The van der Waals surface area contributed by atoms with Gasteiger partial charge in [0.1, 0.15) is 24.0 Å². The molecule has 0 aromatic heterocycles. The first-order chi connectivity index (χ1) is 9.06. The van der Waals surface area contributed by atoms with E-state index in [0.717, 1.165) is 11.6 Å². The molecule has 0 spiro atoms. The minimum Gasteiger partial charge on any atom is -0.489 e. The molecule has 0 fully saturated rings. The van der Waals surface area contributed by atoms with Gasteiger partial charge in [-0.25, -0.2) is 8.78 Å². The van der Waals surface area contributed by atoms with Crippen LogP contribution in [0.1, 0.15) is 24.1 Å². The number of benzene rings is 2. The van der Waals surface area contributed by atoms with Crippen LogP contribution in [0.2, 0.25) is 0 Å². The van der Waals surface area contributed by atoms with Gasteiger partial charge >= 0.3 is 0 Å². The summed E-state index contributed by atoms with van der Waals surface area (Å²) in [7, 11) is 0. The lowest BCUT2D eigenvalue weighted by Gasteiger charge is -2.10. The highest BCUT2D eigenvalue weighted by atomic mass is 19.1. The molecule has 4 heteroatoms. The lowest BCUT2D eigenvalue weighted by molar-refractivity contribution is 0.299. The average Bonchev–Trinajstić information content (AvgIpc) is 2.38. The Morgan fingerprint density at radius 1 is 1.16 bits per heavy atom.